The van der Waals surface area contributed by atoms with Gasteiger partial charge in [-0.05, 0) is 31.7 Å². The molecule has 2 atom stereocenters. The van der Waals surface area contributed by atoms with Crippen molar-refractivity contribution in [2.75, 3.05) is 32.8 Å². The van der Waals surface area contributed by atoms with Gasteiger partial charge in [0, 0.05) is 43.9 Å². The fourth-order valence-corrected chi connectivity index (χ4v) is 3.66. The van der Waals surface area contributed by atoms with Crippen molar-refractivity contribution < 1.29 is 14.3 Å². The average molecular weight is 336 g/mol. The molecule has 3 heterocycles. The number of nitrogens with one attached hydrogen (secondary N) is 2. The molecule has 0 aliphatic carbocycles. The maximum Gasteiger partial charge on any atom is 0.317 e. The third-order valence-electron chi connectivity index (χ3n) is 4.89. The summed E-state index contributed by atoms with van der Waals surface area (Å²) in [6.45, 7) is 7.57. The number of rotatable bonds is 5. The van der Waals surface area contributed by atoms with Crippen molar-refractivity contribution in [3.05, 3.63) is 18.0 Å². The first kappa shape index (κ1) is 17.2. The molecule has 2 saturated heterocycles. The van der Waals surface area contributed by atoms with Gasteiger partial charge in [0.15, 0.2) is 5.79 Å². The summed E-state index contributed by atoms with van der Waals surface area (Å²) in [4.78, 5) is 14.4. The second kappa shape index (κ2) is 7.53. The van der Waals surface area contributed by atoms with E-state index >= 15 is 0 Å². The zero-order valence-corrected chi connectivity index (χ0v) is 14.6. The molecule has 0 spiro atoms. The SMILES string of the molecule is C[C@H](CNC(=O)N1CCC[C@@H](c2ccn[nH]2)C1)CC1(C)OCCO1. The number of urea groups is 1. The van der Waals surface area contributed by atoms with Crippen molar-refractivity contribution in [2.45, 2.75) is 44.8 Å². The Morgan fingerprint density at radius 1 is 1.54 bits per heavy atom. The van der Waals surface area contributed by atoms with E-state index < -0.39 is 5.79 Å². The Balaban J connectivity index is 1.44. The highest BCUT2D eigenvalue weighted by Crippen LogP contribution is 2.27. The van der Waals surface area contributed by atoms with Crippen LogP contribution in [0.1, 0.15) is 44.7 Å². The van der Waals surface area contributed by atoms with E-state index in [1.807, 2.05) is 17.9 Å². The van der Waals surface area contributed by atoms with Crippen LogP contribution in [-0.2, 0) is 9.47 Å². The maximum absolute atomic E-state index is 12.5. The highest BCUT2D eigenvalue weighted by molar-refractivity contribution is 5.74. The predicted octanol–water partition coefficient (Wildman–Crippen LogP) is 2.09. The van der Waals surface area contributed by atoms with Crippen LogP contribution < -0.4 is 5.32 Å². The summed E-state index contributed by atoms with van der Waals surface area (Å²) in [6.07, 6.45) is 4.66. The normalized spacial score (nSPS) is 24.8. The molecule has 7 heteroatoms. The van der Waals surface area contributed by atoms with Crippen molar-refractivity contribution in [1.82, 2.24) is 20.4 Å². The van der Waals surface area contributed by atoms with Crippen LogP contribution in [0.2, 0.25) is 0 Å². The Kier molecular flexibility index (Phi) is 5.40. The first-order valence-electron chi connectivity index (χ1n) is 8.86. The molecule has 2 amide bonds. The van der Waals surface area contributed by atoms with Gasteiger partial charge < -0.3 is 19.7 Å². The number of aromatic amines is 1. The molecular formula is C17H28N4O3. The van der Waals surface area contributed by atoms with Crippen LogP contribution in [0.15, 0.2) is 12.3 Å². The molecule has 134 valence electrons. The highest BCUT2D eigenvalue weighted by Gasteiger charge is 2.33. The molecule has 2 aliphatic heterocycles. The van der Waals surface area contributed by atoms with Gasteiger partial charge in [-0.15, -0.1) is 0 Å². The average Bonchev–Trinajstić information content (AvgIpc) is 3.24. The number of carbonyl (C=O) groups excluding carboxylic acids is 1. The number of nitrogens with zero attached hydrogens (tertiary/aromatic N) is 2. The number of H-pyrrole nitrogens is 1. The van der Waals surface area contributed by atoms with Crippen LogP contribution in [0.4, 0.5) is 4.79 Å². The molecule has 0 bridgehead atoms. The molecule has 3 rings (SSSR count). The number of carbonyl (C=O) groups is 1. The zero-order chi connectivity index (χ0) is 17.0. The van der Waals surface area contributed by atoms with Crippen LogP contribution in [0, 0.1) is 5.92 Å². The lowest BCUT2D eigenvalue weighted by Gasteiger charge is -2.33. The van der Waals surface area contributed by atoms with E-state index in [1.54, 1.807) is 6.20 Å². The second-order valence-corrected chi connectivity index (χ2v) is 7.12. The molecule has 1 aromatic rings. The van der Waals surface area contributed by atoms with Gasteiger partial charge in [0.25, 0.3) is 0 Å². The van der Waals surface area contributed by atoms with Gasteiger partial charge >= 0.3 is 6.03 Å². The number of piperidine rings is 1. The van der Waals surface area contributed by atoms with Crippen LogP contribution >= 0.6 is 0 Å². The molecule has 2 aliphatic rings. The topological polar surface area (TPSA) is 79.5 Å². The van der Waals surface area contributed by atoms with E-state index in [0.29, 0.717) is 31.6 Å². The van der Waals surface area contributed by atoms with Crippen LogP contribution in [0.5, 0.6) is 0 Å². The molecule has 7 nitrogen and oxygen atoms in total. The van der Waals surface area contributed by atoms with Gasteiger partial charge in [0.1, 0.15) is 0 Å². The standard InChI is InChI=1S/C17H28N4O3/c1-13(10-17(2)23-8-9-24-17)11-18-16(22)21-7-3-4-14(12-21)15-5-6-19-20-15/h5-6,13-14H,3-4,7-12H2,1-2H3,(H,18,22)(H,19,20)/t13-,14+/m0/s1. The summed E-state index contributed by atoms with van der Waals surface area (Å²) in [5.41, 5.74) is 1.12. The first-order chi connectivity index (χ1) is 11.6. The maximum atomic E-state index is 12.5. The number of hydrogen-bond donors (Lipinski definition) is 2. The zero-order valence-electron chi connectivity index (χ0n) is 14.6. The molecule has 0 unspecified atom stereocenters. The molecule has 0 aromatic carbocycles. The van der Waals surface area contributed by atoms with Crippen molar-refractivity contribution in [3.8, 4) is 0 Å². The van der Waals surface area contributed by atoms with Gasteiger partial charge in [-0.3, -0.25) is 5.10 Å². The van der Waals surface area contributed by atoms with Gasteiger partial charge in [0.05, 0.1) is 13.2 Å². The predicted molar refractivity (Wildman–Crippen MR) is 89.6 cm³/mol. The number of amides is 2. The lowest BCUT2D eigenvalue weighted by Crippen LogP contribution is -2.46. The van der Waals surface area contributed by atoms with Crippen LogP contribution in [-0.4, -0.2) is 59.8 Å². The second-order valence-electron chi connectivity index (χ2n) is 7.12. The van der Waals surface area contributed by atoms with E-state index in [2.05, 4.69) is 22.4 Å². The molecule has 1 aromatic heterocycles. The lowest BCUT2D eigenvalue weighted by molar-refractivity contribution is -0.153. The molecule has 0 saturated carbocycles. The number of aromatic nitrogens is 2. The summed E-state index contributed by atoms with van der Waals surface area (Å²) >= 11 is 0. The van der Waals surface area contributed by atoms with Crippen molar-refractivity contribution in [3.63, 3.8) is 0 Å². The monoisotopic (exact) mass is 336 g/mol. The Morgan fingerprint density at radius 2 is 2.33 bits per heavy atom. The largest absolute Gasteiger partial charge is 0.348 e. The lowest BCUT2D eigenvalue weighted by atomic mass is 9.95. The van der Waals surface area contributed by atoms with Crippen LogP contribution in [0.3, 0.4) is 0 Å². The minimum absolute atomic E-state index is 0.0180. The van der Waals surface area contributed by atoms with Gasteiger partial charge in [-0.25, -0.2) is 4.79 Å². The summed E-state index contributed by atoms with van der Waals surface area (Å²) in [6, 6.07) is 2.01. The van der Waals surface area contributed by atoms with Crippen molar-refractivity contribution in [1.29, 1.82) is 0 Å². The smallest absolute Gasteiger partial charge is 0.317 e. The molecule has 0 radical (unpaired) electrons. The summed E-state index contributed by atoms with van der Waals surface area (Å²) < 4.78 is 11.3. The minimum Gasteiger partial charge on any atom is -0.348 e. The number of ether oxygens (including phenoxy) is 2. The van der Waals surface area contributed by atoms with E-state index in [0.717, 1.165) is 38.0 Å². The van der Waals surface area contributed by atoms with E-state index in [9.17, 15) is 4.79 Å². The Morgan fingerprint density at radius 3 is 3.04 bits per heavy atom. The minimum atomic E-state index is -0.499. The van der Waals surface area contributed by atoms with Gasteiger partial charge in [-0.1, -0.05) is 6.92 Å². The first-order valence-corrected chi connectivity index (χ1v) is 8.86. The summed E-state index contributed by atoms with van der Waals surface area (Å²) in [7, 11) is 0. The number of likely N-dealkylation sites (tertiary alicyclic amines) is 1. The van der Waals surface area contributed by atoms with Crippen LogP contribution in [0.25, 0.3) is 0 Å². The highest BCUT2D eigenvalue weighted by atomic mass is 16.7. The summed E-state index contributed by atoms with van der Waals surface area (Å²) in [5, 5.41) is 10.1. The summed E-state index contributed by atoms with van der Waals surface area (Å²) in [5.74, 6) is 0.148. The Labute approximate surface area is 143 Å². The Hall–Kier alpha value is -1.60. The van der Waals surface area contributed by atoms with Gasteiger partial charge in [-0.2, -0.15) is 5.10 Å². The molecular weight excluding hydrogens is 308 g/mol. The van der Waals surface area contributed by atoms with E-state index in [-0.39, 0.29) is 6.03 Å². The molecule has 24 heavy (non-hydrogen) atoms. The number of hydrogen-bond acceptors (Lipinski definition) is 4. The third kappa shape index (κ3) is 4.27. The molecule has 2 fully saturated rings. The van der Waals surface area contributed by atoms with Crippen molar-refractivity contribution in [2.24, 2.45) is 5.92 Å². The van der Waals surface area contributed by atoms with Crippen molar-refractivity contribution >= 4 is 6.03 Å². The fourth-order valence-electron chi connectivity index (χ4n) is 3.66. The van der Waals surface area contributed by atoms with E-state index in [1.165, 1.54) is 0 Å². The Bertz CT molecular complexity index is 528. The van der Waals surface area contributed by atoms with Gasteiger partial charge in [0.2, 0.25) is 0 Å². The third-order valence-corrected chi connectivity index (χ3v) is 4.89. The molecule has 2 N–H and O–H groups in total. The van der Waals surface area contributed by atoms with E-state index in [4.69, 9.17) is 9.47 Å². The quantitative estimate of drug-likeness (QED) is 0.863. The fraction of sp³-hybridized carbons (Fsp3) is 0.765.